The lowest BCUT2D eigenvalue weighted by atomic mass is 9.88. The molecule has 0 heterocycles. The van der Waals surface area contributed by atoms with Gasteiger partial charge in [-0.3, -0.25) is 18.6 Å². The minimum Gasteiger partial charge on any atom is -0.462 e. The molecule has 0 bridgehead atoms. The van der Waals surface area contributed by atoms with Crippen molar-refractivity contribution in [2.45, 2.75) is 250 Å². The summed E-state index contributed by atoms with van der Waals surface area (Å²) in [5.74, 6) is -0.529. The topological polar surface area (TPSA) is 210 Å². The van der Waals surface area contributed by atoms with Gasteiger partial charge in [0.1, 0.15) is 12.7 Å². The third kappa shape index (κ3) is 34.0. The predicted octanol–water partition coefficient (Wildman–Crippen LogP) is 10.6. The Kier molecular flexibility index (Phi) is 37.5. The predicted molar refractivity (Wildman–Crippen MR) is 253 cm³/mol. The van der Waals surface area contributed by atoms with Gasteiger partial charge >= 0.3 is 19.8 Å². The summed E-state index contributed by atoms with van der Waals surface area (Å²) in [5, 5.41) is 49.8. The lowest BCUT2D eigenvalue weighted by molar-refractivity contribution is -0.161. The normalized spacial score (nSPS) is 20.2. The molecule has 13 nitrogen and oxygen atoms in total. The maximum absolute atomic E-state index is 12.7. The van der Waals surface area contributed by atoms with Crippen LogP contribution < -0.4 is 0 Å². The number of hydrogen-bond donors (Lipinski definition) is 6. The van der Waals surface area contributed by atoms with Gasteiger partial charge in [-0.2, -0.15) is 0 Å². The summed E-state index contributed by atoms with van der Waals surface area (Å²) in [6.45, 7) is 4.44. The minimum absolute atomic E-state index is 0.0987. The summed E-state index contributed by atoms with van der Waals surface area (Å²) in [6, 6.07) is 0. The molecule has 1 rings (SSSR count). The van der Waals surface area contributed by atoms with E-state index in [4.69, 9.17) is 23.6 Å². The SMILES string of the molecule is CCCCC[C@H](O)/C=C/[C@@H]1[C@@H](CCCCCCC(=O)OC[C@H](COP(=O)(O)OC[C@@H](O)CO)OC(=O)CCCCCCCCCCCCCCCCCCCCC(C)C)[C@@H](O)C[C@H]1O. The molecule has 0 aromatic heterocycles. The Hall–Kier alpha value is -1.41. The van der Waals surface area contributed by atoms with Crippen molar-refractivity contribution in [1.82, 2.24) is 0 Å². The first kappa shape index (κ1) is 60.6. The number of phosphoric ester groups is 1. The number of esters is 2. The zero-order valence-electron chi connectivity index (χ0n) is 40.5. The first-order valence-electron chi connectivity index (χ1n) is 25.8. The van der Waals surface area contributed by atoms with E-state index in [0.29, 0.717) is 32.1 Å². The van der Waals surface area contributed by atoms with Crippen molar-refractivity contribution in [3.05, 3.63) is 12.2 Å². The number of rotatable bonds is 44. The van der Waals surface area contributed by atoms with Crippen LogP contribution in [0.25, 0.3) is 0 Å². The molecular formula is C50H95O13P. The van der Waals surface area contributed by atoms with Gasteiger partial charge in [0, 0.05) is 25.2 Å². The van der Waals surface area contributed by atoms with Gasteiger partial charge in [0.2, 0.25) is 0 Å². The second-order valence-electron chi connectivity index (χ2n) is 19.0. The van der Waals surface area contributed by atoms with E-state index in [0.717, 1.165) is 63.7 Å². The van der Waals surface area contributed by atoms with Crippen molar-refractivity contribution in [3.63, 3.8) is 0 Å². The zero-order chi connectivity index (χ0) is 47.3. The van der Waals surface area contributed by atoms with Gasteiger partial charge in [-0.1, -0.05) is 187 Å². The van der Waals surface area contributed by atoms with Crippen LogP contribution in [0.2, 0.25) is 0 Å². The monoisotopic (exact) mass is 935 g/mol. The van der Waals surface area contributed by atoms with Crippen molar-refractivity contribution < 1.29 is 63.1 Å². The maximum Gasteiger partial charge on any atom is 0.472 e. The highest BCUT2D eigenvalue weighted by molar-refractivity contribution is 7.47. The molecule has 0 radical (unpaired) electrons. The minimum atomic E-state index is -4.67. The maximum atomic E-state index is 12.7. The van der Waals surface area contributed by atoms with Crippen molar-refractivity contribution in [3.8, 4) is 0 Å². The Morgan fingerprint density at radius 3 is 1.66 bits per heavy atom. The van der Waals surface area contributed by atoms with E-state index < -0.39 is 70.1 Å². The fraction of sp³-hybridized carbons (Fsp3) is 0.920. The molecule has 64 heavy (non-hydrogen) atoms. The molecule has 1 fully saturated rings. The summed E-state index contributed by atoms with van der Waals surface area (Å²) in [5.41, 5.74) is 0. The number of unbranched alkanes of at least 4 members (excludes halogenated alkanes) is 22. The van der Waals surface area contributed by atoms with Gasteiger partial charge in [-0.15, -0.1) is 0 Å². The third-order valence-corrected chi connectivity index (χ3v) is 13.4. The number of ether oxygens (including phenoxy) is 2. The average Bonchev–Trinajstić information content (AvgIpc) is 3.53. The van der Waals surface area contributed by atoms with Crippen molar-refractivity contribution in [2.75, 3.05) is 26.4 Å². The lowest BCUT2D eigenvalue weighted by Gasteiger charge is -2.21. The quantitative estimate of drug-likeness (QED) is 0.0146. The van der Waals surface area contributed by atoms with Gasteiger partial charge < -0.3 is 39.9 Å². The van der Waals surface area contributed by atoms with Crippen LogP contribution in [0.4, 0.5) is 0 Å². The summed E-state index contributed by atoms with van der Waals surface area (Å²) in [6.07, 6.45) is 31.0. The van der Waals surface area contributed by atoms with E-state index in [1.807, 2.05) is 6.08 Å². The van der Waals surface area contributed by atoms with Crippen LogP contribution in [0.5, 0.6) is 0 Å². The smallest absolute Gasteiger partial charge is 0.462 e. The zero-order valence-corrected chi connectivity index (χ0v) is 41.4. The van der Waals surface area contributed by atoms with E-state index in [1.54, 1.807) is 6.08 Å². The average molecular weight is 935 g/mol. The van der Waals surface area contributed by atoms with Crippen LogP contribution in [0.1, 0.15) is 220 Å². The summed E-state index contributed by atoms with van der Waals surface area (Å²) < 4.78 is 32.9. The van der Waals surface area contributed by atoms with Crippen LogP contribution in [-0.4, -0.2) is 99.3 Å². The molecular weight excluding hydrogens is 840 g/mol. The molecule has 8 atom stereocenters. The first-order valence-corrected chi connectivity index (χ1v) is 27.3. The Balaban J connectivity index is 2.32. The Morgan fingerprint density at radius 2 is 1.12 bits per heavy atom. The molecule has 1 aliphatic rings. The highest BCUT2D eigenvalue weighted by atomic mass is 31.2. The third-order valence-electron chi connectivity index (χ3n) is 12.4. The van der Waals surface area contributed by atoms with Crippen molar-refractivity contribution in [2.24, 2.45) is 17.8 Å². The second kappa shape index (κ2) is 39.6. The van der Waals surface area contributed by atoms with Crippen LogP contribution >= 0.6 is 7.82 Å². The molecule has 1 saturated carbocycles. The first-order chi connectivity index (χ1) is 30.8. The Bertz CT molecular complexity index is 1200. The van der Waals surface area contributed by atoms with E-state index in [-0.39, 0.29) is 31.3 Å². The van der Waals surface area contributed by atoms with Gasteiger partial charge in [0.05, 0.1) is 38.1 Å². The van der Waals surface area contributed by atoms with E-state index in [9.17, 15) is 39.5 Å². The molecule has 0 saturated heterocycles. The molecule has 14 heteroatoms. The second-order valence-corrected chi connectivity index (χ2v) is 20.5. The van der Waals surface area contributed by atoms with Gasteiger partial charge in [-0.05, 0) is 37.5 Å². The van der Waals surface area contributed by atoms with Gasteiger partial charge in [0.15, 0.2) is 6.10 Å². The molecule has 378 valence electrons. The van der Waals surface area contributed by atoms with Crippen molar-refractivity contribution >= 4 is 19.8 Å². The Labute approximate surface area is 388 Å². The fourth-order valence-corrected chi connectivity index (χ4v) is 9.24. The number of aliphatic hydroxyl groups excluding tert-OH is 5. The summed E-state index contributed by atoms with van der Waals surface area (Å²) in [4.78, 5) is 35.4. The molecule has 0 amide bonds. The highest BCUT2D eigenvalue weighted by Crippen LogP contribution is 2.43. The van der Waals surface area contributed by atoms with E-state index in [1.165, 1.54) is 96.3 Å². The van der Waals surface area contributed by atoms with E-state index in [2.05, 4.69) is 20.8 Å². The van der Waals surface area contributed by atoms with E-state index >= 15 is 0 Å². The number of carbonyl (C=O) groups excluding carboxylic acids is 2. The molecule has 1 unspecified atom stereocenters. The number of carbonyl (C=O) groups is 2. The molecule has 0 aliphatic heterocycles. The summed E-state index contributed by atoms with van der Waals surface area (Å²) in [7, 11) is -4.67. The fourth-order valence-electron chi connectivity index (χ4n) is 8.45. The van der Waals surface area contributed by atoms with Crippen LogP contribution in [0.3, 0.4) is 0 Å². The van der Waals surface area contributed by atoms with Gasteiger partial charge in [0.25, 0.3) is 0 Å². The highest BCUT2D eigenvalue weighted by Gasteiger charge is 2.39. The molecule has 6 N–H and O–H groups in total. The molecule has 0 aromatic rings. The standard InChI is InChI=1S/C50H95O13P/c1-4-5-24-30-42(52)34-35-46-45(47(54)36-48(46)55)31-26-22-23-27-32-49(56)60-39-44(40-62-64(58,59)61-38-43(53)37-51)63-50(57)33-28-21-19-17-15-13-11-9-7-6-8-10-12-14-16-18-20-25-29-41(2)3/h34-35,41-48,51-55H,4-33,36-40H2,1-3H3,(H,58,59)/b35-34+/t42-,43-,44+,45+,46+,47-,48+/m0/s1. The van der Waals surface area contributed by atoms with Gasteiger partial charge in [-0.25, -0.2) is 4.57 Å². The molecule has 0 spiro atoms. The summed E-state index contributed by atoms with van der Waals surface area (Å²) >= 11 is 0. The lowest BCUT2D eigenvalue weighted by Crippen LogP contribution is -2.29. The number of aliphatic hydroxyl groups is 5. The molecule has 0 aromatic carbocycles. The van der Waals surface area contributed by atoms with Crippen LogP contribution in [0.15, 0.2) is 12.2 Å². The largest absolute Gasteiger partial charge is 0.472 e. The number of phosphoric acid groups is 1. The van der Waals surface area contributed by atoms with Crippen LogP contribution in [0, 0.1) is 17.8 Å². The number of hydrogen-bond acceptors (Lipinski definition) is 12. The Morgan fingerprint density at radius 1 is 0.641 bits per heavy atom. The van der Waals surface area contributed by atoms with Crippen molar-refractivity contribution in [1.29, 1.82) is 0 Å². The van der Waals surface area contributed by atoms with Crippen LogP contribution in [-0.2, 0) is 32.7 Å². The molecule has 1 aliphatic carbocycles.